The smallest absolute Gasteiger partial charge is 0.323 e. The largest absolute Gasteiger partial charge is 0.480 e. The topological polar surface area (TPSA) is 88.3 Å². The zero-order valence-corrected chi connectivity index (χ0v) is 11.9. The zero-order valence-electron chi connectivity index (χ0n) is 11.1. The van der Waals surface area contributed by atoms with E-state index >= 15 is 0 Å². The Morgan fingerprint density at radius 3 is 2.72 bits per heavy atom. The number of hydrogen-bond acceptors (Lipinski definition) is 6. The van der Waals surface area contributed by atoms with Crippen LogP contribution in [0.25, 0.3) is 0 Å². The van der Waals surface area contributed by atoms with Gasteiger partial charge in [0, 0.05) is 12.2 Å². The van der Waals surface area contributed by atoms with Gasteiger partial charge in [-0.1, -0.05) is 25.6 Å². The van der Waals surface area contributed by atoms with E-state index in [1.165, 1.54) is 11.8 Å². The van der Waals surface area contributed by atoms with Crippen molar-refractivity contribution in [3.05, 3.63) is 5.89 Å². The van der Waals surface area contributed by atoms with Crippen LogP contribution < -0.4 is 5.32 Å². The van der Waals surface area contributed by atoms with Gasteiger partial charge in [-0.25, -0.2) is 0 Å². The molecule has 1 aromatic rings. The highest BCUT2D eigenvalue weighted by Crippen LogP contribution is 2.27. The molecule has 7 heteroatoms. The second-order valence-electron chi connectivity index (χ2n) is 4.39. The fourth-order valence-electron chi connectivity index (χ4n) is 1.74. The molecule has 2 atom stereocenters. The number of thioether (sulfide) groups is 1. The highest BCUT2D eigenvalue weighted by atomic mass is 32.2. The molecule has 0 radical (unpaired) electrons. The van der Waals surface area contributed by atoms with Gasteiger partial charge in [-0.05, 0) is 19.9 Å². The third-order valence-corrected chi connectivity index (χ3v) is 3.48. The van der Waals surface area contributed by atoms with Crippen LogP contribution in [0.15, 0.2) is 9.64 Å². The first-order valence-electron chi connectivity index (χ1n) is 5.82. The molecule has 6 nitrogen and oxygen atoms in total. The number of hydrogen-bond donors (Lipinski definition) is 2. The minimum atomic E-state index is -0.934. The van der Waals surface area contributed by atoms with Gasteiger partial charge in [0.25, 0.3) is 5.22 Å². The Balaban J connectivity index is 2.61. The summed E-state index contributed by atoms with van der Waals surface area (Å²) >= 11 is 1.39. The molecule has 2 unspecified atom stereocenters. The molecule has 0 aliphatic heterocycles. The Labute approximate surface area is 111 Å². The van der Waals surface area contributed by atoms with E-state index in [-0.39, 0.29) is 5.25 Å². The van der Waals surface area contributed by atoms with Crippen LogP contribution in [0.4, 0.5) is 0 Å². The van der Waals surface area contributed by atoms with Crippen molar-refractivity contribution in [2.45, 2.75) is 50.1 Å². The summed E-state index contributed by atoms with van der Waals surface area (Å²) in [5.41, 5.74) is -0.934. The highest BCUT2D eigenvalue weighted by molar-refractivity contribution is 7.99. The van der Waals surface area contributed by atoms with Crippen LogP contribution in [0, 0.1) is 6.92 Å². The number of aryl methyl sites for hydroxylation is 1. The minimum Gasteiger partial charge on any atom is -0.480 e. The van der Waals surface area contributed by atoms with Crippen LogP contribution in [-0.2, 0) is 4.79 Å². The monoisotopic (exact) mass is 273 g/mol. The average Bonchev–Trinajstić information content (AvgIpc) is 2.63. The Kier molecular flexibility index (Phi) is 5.15. The first-order chi connectivity index (χ1) is 8.37. The Hall–Kier alpha value is -1.08. The average molecular weight is 273 g/mol. The summed E-state index contributed by atoms with van der Waals surface area (Å²) in [5, 5.41) is 20.4. The molecule has 0 bridgehead atoms. The van der Waals surface area contributed by atoms with Crippen molar-refractivity contribution in [3.63, 3.8) is 0 Å². The van der Waals surface area contributed by atoms with Crippen LogP contribution in [0.3, 0.4) is 0 Å². The predicted molar refractivity (Wildman–Crippen MR) is 68.7 cm³/mol. The van der Waals surface area contributed by atoms with Crippen LogP contribution in [0.5, 0.6) is 0 Å². The Morgan fingerprint density at radius 1 is 1.61 bits per heavy atom. The second-order valence-corrected chi connectivity index (χ2v) is 5.78. The lowest BCUT2D eigenvalue weighted by molar-refractivity contribution is -0.144. The van der Waals surface area contributed by atoms with E-state index in [0.717, 1.165) is 0 Å². The number of aromatic nitrogens is 2. The Bertz CT molecular complexity index is 410. The molecular formula is C11H19N3O3S. The molecule has 0 amide bonds. The number of nitrogens with one attached hydrogen (secondary N) is 1. The SMILES string of the molecule is CCNC(C)(CC(C)Sc1nnc(C)o1)C(=O)O. The summed E-state index contributed by atoms with van der Waals surface area (Å²) in [6, 6.07) is 0. The number of carbonyl (C=O) groups is 1. The summed E-state index contributed by atoms with van der Waals surface area (Å²) in [6.07, 6.45) is 0.474. The lowest BCUT2D eigenvalue weighted by atomic mass is 9.96. The molecular weight excluding hydrogens is 254 g/mol. The second kappa shape index (κ2) is 6.19. The van der Waals surface area contributed by atoms with Gasteiger partial charge in [0.15, 0.2) is 0 Å². The first kappa shape index (κ1) is 15.0. The number of carboxylic acid groups (broad SMARTS) is 1. The summed E-state index contributed by atoms with van der Waals surface area (Å²) in [7, 11) is 0. The molecule has 102 valence electrons. The maximum atomic E-state index is 11.3. The van der Waals surface area contributed by atoms with E-state index in [9.17, 15) is 9.90 Å². The zero-order chi connectivity index (χ0) is 13.8. The first-order valence-corrected chi connectivity index (χ1v) is 6.70. The molecule has 0 saturated heterocycles. The van der Waals surface area contributed by atoms with Crippen molar-refractivity contribution in [1.29, 1.82) is 0 Å². The van der Waals surface area contributed by atoms with Gasteiger partial charge < -0.3 is 14.8 Å². The molecule has 0 aromatic carbocycles. The molecule has 18 heavy (non-hydrogen) atoms. The van der Waals surface area contributed by atoms with Crippen LogP contribution in [0.2, 0.25) is 0 Å². The van der Waals surface area contributed by atoms with Gasteiger partial charge in [0.1, 0.15) is 5.54 Å². The molecule has 1 rings (SSSR count). The van der Waals surface area contributed by atoms with Crippen molar-refractivity contribution < 1.29 is 14.3 Å². The fourth-order valence-corrected chi connectivity index (χ4v) is 2.76. The predicted octanol–water partition coefficient (Wildman–Crippen LogP) is 1.70. The van der Waals surface area contributed by atoms with Crippen molar-refractivity contribution in [2.75, 3.05) is 6.54 Å². The molecule has 0 fully saturated rings. The standard InChI is InChI=1S/C11H19N3O3S/c1-5-12-11(4,9(15)16)6-7(2)18-10-14-13-8(3)17-10/h7,12H,5-6H2,1-4H3,(H,15,16). The lowest BCUT2D eigenvalue weighted by Gasteiger charge is -2.28. The lowest BCUT2D eigenvalue weighted by Crippen LogP contribution is -2.50. The van der Waals surface area contributed by atoms with E-state index in [1.807, 2.05) is 13.8 Å². The summed E-state index contributed by atoms with van der Waals surface area (Å²) in [4.78, 5) is 11.3. The fraction of sp³-hybridized carbons (Fsp3) is 0.727. The molecule has 1 aromatic heterocycles. The van der Waals surface area contributed by atoms with Gasteiger partial charge >= 0.3 is 5.97 Å². The maximum absolute atomic E-state index is 11.3. The van der Waals surface area contributed by atoms with E-state index in [4.69, 9.17) is 4.42 Å². The van der Waals surface area contributed by atoms with E-state index in [2.05, 4.69) is 15.5 Å². The van der Waals surface area contributed by atoms with Gasteiger partial charge in [-0.2, -0.15) is 0 Å². The molecule has 0 aliphatic rings. The number of nitrogens with zero attached hydrogens (tertiary/aromatic N) is 2. The minimum absolute atomic E-state index is 0.0602. The molecule has 1 heterocycles. The van der Waals surface area contributed by atoms with Gasteiger partial charge in [0.05, 0.1) is 0 Å². The number of likely N-dealkylation sites (N-methyl/N-ethyl adjacent to an activating group) is 1. The third kappa shape index (κ3) is 3.99. The van der Waals surface area contributed by atoms with Crippen molar-refractivity contribution >= 4 is 17.7 Å². The third-order valence-electron chi connectivity index (χ3n) is 2.54. The quantitative estimate of drug-likeness (QED) is 0.731. The molecule has 0 saturated carbocycles. The van der Waals surface area contributed by atoms with Crippen molar-refractivity contribution in [1.82, 2.24) is 15.5 Å². The van der Waals surface area contributed by atoms with Crippen molar-refractivity contribution in [3.8, 4) is 0 Å². The van der Waals surface area contributed by atoms with Crippen LogP contribution in [-0.4, -0.2) is 38.6 Å². The van der Waals surface area contributed by atoms with Crippen LogP contribution in [0.1, 0.15) is 33.1 Å². The number of carboxylic acids is 1. The summed E-state index contributed by atoms with van der Waals surface area (Å²) in [5.74, 6) is -0.337. The summed E-state index contributed by atoms with van der Waals surface area (Å²) in [6.45, 7) is 7.86. The number of rotatable bonds is 7. The molecule has 0 spiro atoms. The molecule has 2 N–H and O–H groups in total. The molecule has 0 aliphatic carbocycles. The van der Waals surface area contributed by atoms with Gasteiger partial charge in [0.2, 0.25) is 5.89 Å². The van der Waals surface area contributed by atoms with Gasteiger partial charge in [-0.15, -0.1) is 10.2 Å². The van der Waals surface area contributed by atoms with E-state index < -0.39 is 11.5 Å². The maximum Gasteiger partial charge on any atom is 0.323 e. The number of aliphatic carboxylic acids is 1. The van der Waals surface area contributed by atoms with Gasteiger partial charge in [-0.3, -0.25) is 4.79 Å². The van der Waals surface area contributed by atoms with E-state index in [1.54, 1.807) is 13.8 Å². The van der Waals surface area contributed by atoms with E-state index in [0.29, 0.717) is 24.1 Å². The van der Waals surface area contributed by atoms with Crippen LogP contribution >= 0.6 is 11.8 Å². The van der Waals surface area contributed by atoms with Crippen molar-refractivity contribution in [2.24, 2.45) is 0 Å². The Morgan fingerprint density at radius 2 is 2.28 bits per heavy atom. The summed E-state index contributed by atoms with van der Waals surface area (Å²) < 4.78 is 5.26. The highest BCUT2D eigenvalue weighted by Gasteiger charge is 2.34. The normalized spacial score (nSPS) is 16.2.